The third-order valence-corrected chi connectivity index (χ3v) is 12.6. The first-order chi connectivity index (χ1) is 13.3. The second kappa shape index (κ2) is 7.79. The molecule has 0 atom stereocenters. The SMILES string of the molecule is CC[Si](CC)(CC)c1ccc2c(-c3cc(C)c(F)c(C)c3C)[n+](C)ccc2c1. The summed E-state index contributed by atoms with van der Waals surface area (Å²) in [5.41, 5.74) is 4.78. The fraction of sp³-hybridized carbons (Fsp3) is 0.400. The lowest BCUT2D eigenvalue weighted by Crippen LogP contribution is -2.45. The van der Waals surface area contributed by atoms with Gasteiger partial charge in [0.1, 0.15) is 12.9 Å². The molecule has 28 heavy (non-hydrogen) atoms. The fourth-order valence-electron chi connectivity index (χ4n) is 4.70. The summed E-state index contributed by atoms with van der Waals surface area (Å²) in [4.78, 5) is 0. The molecule has 0 fully saturated rings. The molecule has 1 aromatic heterocycles. The maximum atomic E-state index is 14.4. The van der Waals surface area contributed by atoms with Gasteiger partial charge in [-0.2, -0.15) is 0 Å². The van der Waals surface area contributed by atoms with Crippen LogP contribution in [-0.4, -0.2) is 8.07 Å². The van der Waals surface area contributed by atoms with Crippen LogP contribution in [0.15, 0.2) is 36.5 Å². The number of aromatic nitrogens is 1. The van der Waals surface area contributed by atoms with Crippen molar-refractivity contribution in [1.82, 2.24) is 0 Å². The van der Waals surface area contributed by atoms with E-state index in [4.69, 9.17) is 0 Å². The molecule has 3 rings (SSSR count). The summed E-state index contributed by atoms with van der Waals surface area (Å²) < 4.78 is 16.6. The average Bonchev–Trinajstić information content (AvgIpc) is 2.71. The molecular weight excluding hydrogens is 361 g/mol. The minimum atomic E-state index is -1.41. The van der Waals surface area contributed by atoms with E-state index in [2.05, 4.69) is 62.8 Å². The Bertz CT molecular complexity index is 1030. The fourth-order valence-corrected chi connectivity index (χ4v) is 8.32. The first-order valence-corrected chi connectivity index (χ1v) is 13.1. The van der Waals surface area contributed by atoms with Crippen molar-refractivity contribution in [1.29, 1.82) is 0 Å². The highest BCUT2D eigenvalue weighted by atomic mass is 28.3. The van der Waals surface area contributed by atoms with E-state index in [-0.39, 0.29) is 5.82 Å². The molecule has 0 aliphatic carbocycles. The average molecular weight is 395 g/mol. The van der Waals surface area contributed by atoms with Gasteiger partial charge in [-0.3, -0.25) is 0 Å². The topological polar surface area (TPSA) is 3.88 Å². The molecule has 0 unspecified atom stereocenters. The van der Waals surface area contributed by atoms with Crippen molar-refractivity contribution in [2.75, 3.05) is 0 Å². The van der Waals surface area contributed by atoms with Crippen molar-refractivity contribution in [3.8, 4) is 11.3 Å². The Morgan fingerprint density at radius 2 is 1.54 bits per heavy atom. The van der Waals surface area contributed by atoms with Crippen LogP contribution in [0.1, 0.15) is 37.5 Å². The number of aryl methyl sites for hydroxylation is 2. The summed E-state index contributed by atoms with van der Waals surface area (Å²) in [6, 6.07) is 15.2. The molecule has 0 aliphatic rings. The number of hydrogen-bond acceptors (Lipinski definition) is 0. The van der Waals surface area contributed by atoms with Crippen LogP contribution in [-0.2, 0) is 7.05 Å². The maximum absolute atomic E-state index is 14.4. The zero-order chi connectivity index (χ0) is 20.6. The van der Waals surface area contributed by atoms with Crippen molar-refractivity contribution in [3.63, 3.8) is 0 Å². The first-order valence-electron chi connectivity index (χ1n) is 10.5. The first kappa shape index (κ1) is 20.7. The van der Waals surface area contributed by atoms with Gasteiger partial charge in [-0.25, -0.2) is 8.96 Å². The maximum Gasteiger partial charge on any atom is 0.220 e. The van der Waals surface area contributed by atoms with Gasteiger partial charge >= 0.3 is 0 Å². The van der Waals surface area contributed by atoms with E-state index in [0.717, 1.165) is 16.7 Å². The Morgan fingerprint density at radius 3 is 2.14 bits per heavy atom. The standard InChI is InChI=1S/C25H33FNSi/c1-8-28(9-2,10-3)21-11-12-22-20(16-21)13-14-27(7)25(22)23-15-17(4)24(26)19(6)18(23)5/h11-16H,8-10H2,1-7H3/q+1. The zero-order valence-corrected chi connectivity index (χ0v) is 19.4. The second-order valence-corrected chi connectivity index (χ2v) is 13.5. The van der Waals surface area contributed by atoms with E-state index < -0.39 is 8.07 Å². The predicted molar refractivity (Wildman–Crippen MR) is 122 cm³/mol. The van der Waals surface area contributed by atoms with E-state index in [1.54, 1.807) is 5.19 Å². The third kappa shape index (κ3) is 3.20. The van der Waals surface area contributed by atoms with E-state index in [0.29, 0.717) is 5.56 Å². The van der Waals surface area contributed by atoms with E-state index in [1.807, 2.05) is 26.8 Å². The van der Waals surface area contributed by atoms with Gasteiger partial charge in [0.15, 0.2) is 6.20 Å². The van der Waals surface area contributed by atoms with Gasteiger partial charge in [-0.05, 0) is 55.0 Å². The number of hydrogen-bond donors (Lipinski definition) is 0. The van der Waals surface area contributed by atoms with Crippen molar-refractivity contribution in [3.05, 3.63) is 59.0 Å². The zero-order valence-electron chi connectivity index (χ0n) is 18.4. The molecule has 1 nitrogen and oxygen atoms in total. The summed E-state index contributed by atoms with van der Waals surface area (Å²) in [5, 5.41) is 4.10. The Hall–Kier alpha value is -2.00. The highest BCUT2D eigenvalue weighted by molar-refractivity contribution is 6.91. The lowest BCUT2D eigenvalue weighted by atomic mass is 9.94. The summed E-state index contributed by atoms with van der Waals surface area (Å²) in [5.74, 6) is -0.0870. The largest absolute Gasteiger partial charge is 0.220 e. The molecule has 1 heterocycles. The number of halogens is 1. The molecule has 3 heteroatoms. The number of pyridine rings is 1. The van der Waals surface area contributed by atoms with Gasteiger partial charge in [0.25, 0.3) is 0 Å². The minimum absolute atomic E-state index is 0.0870. The van der Waals surface area contributed by atoms with Crippen LogP contribution in [0.2, 0.25) is 18.1 Å². The summed E-state index contributed by atoms with van der Waals surface area (Å²) in [6.07, 6.45) is 2.14. The van der Waals surface area contributed by atoms with Gasteiger partial charge in [0.05, 0.1) is 19.0 Å². The van der Waals surface area contributed by atoms with Crippen LogP contribution in [0, 0.1) is 26.6 Å². The minimum Gasteiger partial charge on any atom is -0.206 e. The number of rotatable bonds is 5. The summed E-state index contributed by atoms with van der Waals surface area (Å²) >= 11 is 0. The molecule has 0 bridgehead atoms. The lowest BCUT2D eigenvalue weighted by Gasteiger charge is -2.29. The third-order valence-electron chi connectivity index (χ3n) is 7.04. The summed E-state index contributed by atoms with van der Waals surface area (Å²) in [7, 11) is 0.669. The Balaban J connectivity index is 2.31. The van der Waals surface area contributed by atoms with Gasteiger partial charge in [0, 0.05) is 6.07 Å². The molecule has 0 radical (unpaired) electrons. The quantitative estimate of drug-likeness (QED) is 0.363. The Morgan fingerprint density at radius 1 is 0.893 bits per heavy atom. The summed E-state index contributed by atoms with van der Waals surface area (Å²) in [6.45, 7) is 12.8. The Labute approximate surface area is 170 Å². The molecule has 0 spiro atoms. The van der Waals surface area contributed by atoms with Crippen LogP contribution >= 0.6 is 0 Å². The van der Waals surface area contributed by atoms with Crippen molar-refractivity contribution < 1.29 is 8.96 Å². The van der Waals surface area contributed by atoms with Crippen LogP contribution in [0.4, 0.5) is 4.39 Å². The highest BCUT2D eigenvalue weighted by Gasteiger charge is 2.30. The van der Waals surface area contributed by atoms with Crippen LogP contribution < -0.4 is 9.75 Å². The molecule has 0 aliphatic heterocycles. The molecule has 0 saturated heterocycles. The van der Waals surface area contributed by atoms with Gasteiger partial charge in [-0.15, -0.1) is 0 Å². The number of benzene rings is 2. The van der Waals surface area contributed by atoms with Crippen molar-refractivity contribution in [2.24, 2.45) is 7.05 Å². The smallest absolute Gasteiger partial charge is 0.206 e. The Kier molecular flexibility index (Phi) is 5.76. The predicted octanol–water partition coefficient (Wildman–Crippen LogP) is 6.11. The van der Waals surface area contributed by atoms with Crippen LogP contribution in [0.25, 0.3) is 22.0 Å². The molecular formula is C25H33FNSi+. The lowest BCUT2D eigenvalue weighted by molar-refractivity contribution is -0.659. The normalized spacial score (nSPS) is 12.0. The van der Waals surface area contributed by atoms with Gasteiger partial charge in [-0.1, -0.05) is 56.2 Å². The molecule has 0 N–H and O–H groups in total. The molecule has 0 saturated carbocycles. The van der Waals surface area contributed by atoms with Gasteiger partial charge in [0.2, 0.25) is 5.69 Å². The van der Waals surface area contributed by atoms with Crippen molar-refractivity contribution in [2.45, 2.75) is 59.7 Å². The molecule has 2 aromatic carbocycles. The van der Waals surface area contributed by atoms with Crippen LogP contribution in [0.3, 0.4) is 0 Å². The van der Waals surface area contributed by atoms with Crippen molar-refractivity contribution >= 4 is 24.0 Å². The molecule has 0 amide bonds. The highest BCUT2D eigenvalue weighted by Crippen LogP contribution is 2.32. The van der Waals surface area contributed by atoms with Crippen LogP contribution in [0.5, 0.6) is 0 Å². The van der Waals surface area contributed by atoms with E-state index in [9.17, 15) is 4.39 Å². The molecule has 3 aromatic rings. The molecule has 148 valence electrons. The number of fused-ring (bicyclic) bond motifs is 1. The number of nitrogens with zero attached hydrogens (tertiary/aromatic N) is 1. The monoisotopic (exact) mass is 394 g/mol. The van der Waals surface area contributed by atoms with E-state index in [1.165, 1.54) is 34.6 Å². The second-order valence-electron chi connectivity index (χ2n) is 8.22. The van der Waals surface area contributed by atoms with Gasteiger partial charge < -0.3 is 0 Å². The van der Waals surface area contributed by atoms with E-state index >= 15 is 0 Å².